The van der Waals surface area contributed by atoms with Gasteiger partial charge in [-0.15, -0.1) is 0 Å². The molecule has 0 fully saturated rings. The zero-order chi connectivity index (χ0) is 25.6. The Labute approximate surface area is 216 Å². The van der Waals surface area contributed by atoms with Crippen molar-refractivity contribution in [3.63, 3.8) is 0 Å². The molecule has 0 unspecified atom stereocenters. The van der Waals surface area contributed by atoms with Crippen molar-refractivity contribution in [2.24, 2.45) is 0 Å². The first-order valence-corrected chi connectivity index (χ1v) is 12.3. The summed E-state index contributed by atoms with van der Waals surface area (Å²) in [5, 5.41) is 4.62. The number of benzene rings is 4. The Morgan fingerprint density at radius 2 is 1.39 bits per heavy atom. The van der Waals surface area contributed by atoms with Gasteiger partial charge in [-0.05, 0) is 29.3 Å². The Bertz CT molecular complexity index is 1780. The van der Waals surface area contributed by atoms with Crippen molar-refractivity contribution in [3.8, 4) is 23.0 Å². The molecule has 1 amide bonds. The first kappa shape index (κ1) is 22.2. The zero-order valence-corrected chi connectivity index (χ0v) is 20.2. The Morgan fingerprint density at radius 3 is 2.13 bits per heavy atom. The number of ether oxygens (including phenoxy) is 4. The molecule has 7 rings (SSSR count). The summed E-state index contributed by atoms with van der Waals surface area (Å²) in [7, 11) is 0. The molecule has 8 nitrogen and oxygen atoms in total. The summed E-state index contributed by atoms with van der Waals surface area (Å²) in [4.78, 5) is 27.7. The highest BCUT2D eigenvalue weighted by Crippen LogP contribution is 2.45. The second-order valence-electron chi connectivity index (χ2n) is 9.18. The predicted octanol–water partition coefficient (Wildman–Crippen LogP) is 4.59. The van der Waals surface area contributed by atoms with Crippen LogP contribution in [0.15, 0.2) is 83.7 Å². The van der Waals surface area contributed by atoms with Crippen molar-refractivity contribution in [1.29, 1.82) is 0 Å². The van der Waals surface area contributed by atoms with Crippen LogP contribution in [0.25, 0.3) is 21.7 Å². The Hall–Kier alpha value is -4.98. The first-order valence-electron chi connectivity index (χ1n) is 12.3. The van der Waals surface area contributed by atoms with Gasteiger partial charge in [0.2, 0.25) is 13.6 Å². The topological polar surface area (TPSA) is 88.0 Å². The van der Waals surface area contributed by atoms with Gasteiger partial charge in [-0.2, -0.15) is 0 Å². The Morgan fingerprint density at radius 1 is 0.763 bits per heavy atom. The molecule has 1 N–H and O–H groups in total. The predicted molar refractivity (Wildman–Crippen MR) is 141 cm³/mol. The molecule has 188 valence electrons. The van der Waals surface area contributed by atoms with Crippen LogP contribution in [0.3, 0.4) is 0 Å². The van der Waals surface area contributed by atoms with Crippen molar-refractivity contribution in [2.45, 2.75) is 13.1 Å². The normalized spacial score (nSPS) is 13.3. The smallest absolute Gasteiger partial charge is 0.259 e. The van der Waals surface area contributed by atoms with Gasteiger partial charge in [-0.1, -0.05) is 60.7 Å². The quantitative estimate of drug-likeness (QED) is 0.351. The molecule has 2 aliphatic rings. The van der Waals surface area contributed by atoms with Crippen LogP contribution in [0.2, 0.25) is 0 Å². The fourth-order valence-electron chi connectivity index (χ4n) is 5.10. The van der Waals surface area contributed by atoms with Gasteiger partial charge in [0, 0.05) is 17.3 Å². The van der Waals surface area contributed by atoms with E-state index in [0.29, 0.717) is 56.8 Å². The van der Waals surface area contributed by atoms with Gasteiger partial charge in [-0.25, -0.2) is 0 Å². The first-order chi connectivity index (χ1) is 18.7. The molecule has 4 aromatic carbocycles. The Kier molecular flexibility index (Phi) is 5.18. The van der Waals surface area contributed by atoms with Gasteiger partial charge >= 0.3 is 0 Å². The molecule has 38 heavy (non-hydrogen) atoms. The molecule has 0 atom stereocenters. The fourth-order valence-corrected chi connectivity index (χ4v) is 5.10. The van der Waals surface area contributed by atoms with Crippen LogP contribution in [-0.4, -0.2) is 24.1 Å². The molecule has 3 heterocycles. The minimum absolute atomic E-state index is 0.00176. The number of rotatable bonds is 5. The second-order valence-corrected chi connectivity index (χ2v) is 9.18. The summed E-state index contributed by atoms with van der Waals surface area (Å²) >= 11 is 0. The number of hydrogen-bond acceptors (Lipinski definition) is 6. The van der Waals surface area contributed by atoms with Gasteiger partial charge in [0.25, 0.3) is 11.5 Å². The van der Waals surface area contributed by atoms with Crippen LogP contribution in [-0.2, 0) is 13.1 Å². The summed E-state index contributed by atoms with van der Waals surface area (Å²) in [5.41, 5.74) is 2.56. The lowest BCUT2D eigenvalue weighted by molar-refractivity contribution is 0.0952. The second kappa shape index (κ2) is 8.85. The molecule has 0 aliphatic carbocycles. The van der Waals surface area contributed by atoms with Crippen LogP contribution >= 0.6 is 0 Å². The van der Waals surface area contributed by atoms with E-state index in [9.17, 15) is 9.59 Å². The van der Waals surface area contributed by atoms with Gasteiger partial charge in [0.05, 0.1) is 23.0 Å². The number of hydrogen-bond donors (Lipinski definition) is 1. The lowest BCUT2D eigenvalue weighted by Gasteiger charge is -2.18. The van der Waals surface area contributed by atoms with Crippen molar-refractivity contribution < 1.29 is 23.7 Å². The molecule has 0 spiro atoms. The van der Waals surface area contributed by atoms with E-state index in [1.807, 2.05) is 60.7 Å². The van der Waals surface area contributed by atoms with Crippen molar-refractivity contribution >= 4 is 27.6 Å². The molecule has 2 aliphatic heterocycles. The van der Waals surface area contributed by atoms with Gasteiger partial charge < -0.3 is 24.3 Å². The maximum Gasteiger partial charge on any atom is 0.259 e. The number of nitrogens with one attached hydrogen (secondary N) is 1. The average Bonchev–Trinajstić information content (AvgIpc) is 3.62. The number of aromatic nitrogens is 1. The molecule has 8 heteroatoms. The number of carbonyl (C=O) groups excluding carboxylic acids is 1. The van der Waals surface area contributed by atoms with E-state index in [4.69, 9.17) is 18.9 Å². The summed E-state index contributed by atoms with van der Waals surface area (Å²) in [6, 6.07) is 24.5. The summed E-state index contributed by atoms with van der Waals surface area (Å²) < 4.78 is 24.5. The highest BCUT2D eigenvalue weighted by atomic mass is 16.7. The van der Waals surface area contributed by atoms with E-state index in [1.54, 1.807) is 22.8 Å². The number of carbonyl (C=O) groups is 1. The van der Waals surface area contributed by atoms with E-state index < -0.39 is 0 Å². The van der Waals surface area contributed by atoms with E-state index in [0.717, 1.165) is 11.1 Å². The third kappa shape index (κ3) is 3.61. The van der Waals surface area contributed by atoms with Gasteiger partial charge in [-0.3, -0.25) is 14.2 Å². The Balaban J connectivity index is 1.50. The standard InChI is InChI=1S/C30H22N2O6/c33-29(31-14-18-7-3-1-4-8-18)22-13-25-28(38-17-37-25)27-26(22)20-11-23-24(36-16-35-23)12-21(20)30(34)32(27)15-19-9-5-2-6-10-19/h1-13H,14-17H2,(H,31,33). The molecule has 0 bridgehead atoms. The third-order valence-electron chi connectivity index (χ3n) is 6.89. The number of amides is 1. The van der Waals surface area contributed by atoms with E-state index in [2.05, 4.69) is 5.32 Å². The van der Waals surface area contributed by atoms with Crippen LogP contribution < -0.4 is 29.8 Å². The van der Waals surface area contributed by atoms with Crippen molar-refractivity contribution in [3.05, 3.63) is 106 Å². The largest absolute Gasteiger partial charge is 0.454 e. The van der Waals surface area contributed by atoms with Crippen LogP contribution in [0, 0.1) is 0 Å². The van der Waals surface area contributed by atoms with Crippen molar-refractivity contribution in [1.82, 2.24) is 9.88 Å². The molecule has 0 radical (unpaired) electrons. The number of pyridine rings is 1. The lowest BCUT2D eigenvalue weighted by Crippen LogP contribution is -2.25. The number of fused-ring (bicyclic) bond motifs is 6. The molecule has 0 saturated carbocycles. The minimum Gasteiger partial charge on any atom is -0.454 e. The van der Waals surface area contributed by atoms with E-state index in [-0.39, 0.29) is 31.6 Å². The lowest BCUT2D eigenvalue weighted by atomic mass is 9.98. The highest BCUT2D eigenvalue weighted by molar-refractivity contribution is 6.19. The third-order valence-corrected chi connectivity index (χ3v) is 6.89. The van der Waals surface area contributed by atoms with Gasteiger partial charge in [0.15, 0.2) is 23.0 Å². The minimum atomic E-state index is -0.291. The van der Waals surface area contributed by atoms with Crippen LogP contribution in [0.1, 0.15) is 21.5 Å². The molecule has 0 saturated heterocycles. The molecular formula is C30H22N2O6. The van der Waals surface area contributed by atoms with E-state index in [1.165, 1.54) is 0 Å². The van der Waals surface area contributed by atoms with Gasteiger partial charge in [0.1, 0.15) is 0 Å². The highest BCUT2D eigenvalue weighted by Gasteiger charge is 2.29. The molecular weight excluding hydrogens is 484 g/mol. The monoisotopic (exact) mass is 506 g/mol. The van der Waals surface area contributed by atoms with E-state index >= 15 is 0 Å². The fraction of sp³-hybridized carbons (Fsp3) is 0.133. The SMILES string of the molecule is O=C(NCc1ccccc1)c1cc2c(c3c1c1cc4c(cc1c(=O)n3Cc1ccccc1)OCO4)OCO2. The average molecular weight is 507 g/mol. The van der Waals surface area contributed by atoms with Crippen LogP contribution in [0.5, 0.6) is 23.0 Å². The molecule has 1 aromatic heterocycles. The number of nitrogens with zero attached hydrogens (tertiary/aromatic N) is 1. The summed E-state index contributed by atoms with van der Waals surface area (Å²) in [6.45, 7) is 0.700. The maximum atomic E-state index is 14.0. The maximum absolute atomic E-state index is 14.0. The van der Waals surface area contributed by atoms with Crippen LogP contribution in [0.4, 0.5) is 0 Å². The molecule has 5 aromatic rings. The summed E-state index contributed by atoms with van der Waals surface area (Å²) in [5.74, 6) is 1.58. The summed E-state index contributed by atoms with van der Waals surface area (Å²) in [6.07, 6.45) is 0. The van der Waals surface area contributed by atoms with Crippen molar-refractivity contribution in [2.75, 3.05) is 13.6 Å². The zero-order valence-electron chi connectivity index (χ0n) is 20.2.